The van der Waals surface area contributed by atoms with Crippen molar-refractivity contribution in [1.29, 1.82) is 0 Å². The van der Waals surface area contributed by atoms with Crippen LogP contribution in [-0.4, -0.2) is 17.7 Å². The standard InChI is InChI=1S/C12H23N3/c1-10-8-12(11(2)15(10)3)9-14-7-5-4-6-13/h8,14H,4-7,9,13H2,1-3H3. The summed E-state index contributed by atoms with van der Waals surface area (Å²) in [6.07, 6.45) is 2.28. The lowest BCUT2D eigenvalue weighted by Crippen LogP contribution is -2.16. The van der Waals surface area contributed by atoms with Crippen LogP contribution in [0.5, 0.6) is 0 Å². The Labute approximate surface area is 92.7 Å². The van der Waals surface area contributed by atoms with Crippen molar-refractivity contribution in [3.8, 4) is 0 Å². The van der Waals surface area contributed by atoms with Crippen LogP contribution in [0, 0.1) is 13.8 Å². The zero-order valence-corrected chi connectivity index (χ0v) is 10.1. The summed E-state index contributed by atoms with van der Waals surface area (Å²) in [7, 11) is 2.11. The minimum atomic E-state index is 0.797. The number of hydrogen-bond acceptors (Lipinski definition) is 2. The second kappa shape index (κ2) is 5.93. The molecule has 3 heteroatoms. The summed E-state index contributed by atoms with van der Waals surface area (Å²) < 4.78 is 2.23. The van der Waals surface area contributed by atoms with E-state index in [2.05, 4.69) is 36.8 Å². The number of nitrogens with zero attached hydrogens (tertiary/aromatic N) is 1. The van der Waals surface area contributed by atoms with Gasteiger partial charge in [-0.05, 0) is 51.4 Å². The largest absolute Gasteiger partial charge is 0.352 e. The smallest absolute Gasteiger partial charge is 0.0223 e. The van der Waals surface area contributed by atoms with Crippen LogP contribution in [0.25, 0.3) is 0 Å². The van der Waals surface area contributed by atoms with Crippen LogP contribution >= 0.6 is 0 Å². The number of aromatic nitrogens is 1. The molecule has 0 saturated heterocycles. The van der Waals surface area contributed by atoms with Crippen molar-refractivity contribution in [3.63, 3.8) is 0 Å². The van der Waals surface area contributed by atoms with E-state index in [1.54, 1.807) is 0 Å². The molecule has 0 aliphatic heterocycles. The van der Waals surface area contributed by atoms with Crippen molar-refractivity contribution < 1.29 is 0 Å². The highest BCUT2D eigenvalue weighted by Gasteiger charge is 2.04. The average Bonchev–Trinajstić information content (AvgIpc) is 2.46. The molecule has 3 N–H and O–H groups in total. The van der Waals surface area contributed by atoms with Gasteiger partial charge in [0.1, 0.15) is 0 Å². The number of rotatable bonds is 6. The SMILES string of the molecule is Cc1cc(CNCCCCN)c(C)n1C. The summed E-state index contributed by atoms with van der Waals surface area (Å²) in [4.78, 5) is 0. The van der Waals surface area contributed by atoms with Crippen LogP contribution in [0.2, 0.25) is 0 Å². The molecule has 0 fully saturated rings. The molecule has 0 spiro atoms. The Hall–Kier alpha value is -0.800. The molecule has 0 aliphatic rings. The molecular formula is C12H23N3. The van der Waals surface area contributed by atoms with Gasteiger partial charge in [0.05, 0.1) is 0 Å². The van der Waals surface area contributed by atoms with Crippen LogP contribution in [0.3, 0.4) is 0 Å². The van der Waals surface area contributed by atoms with Gasteiger partial charge >= 0.3 is 0 Å². The van der Waals surface area contributed by atoms with E-state index in [0.29, 0.717) is 0 Å². The van der Waals surface area contributed by atoms with Crippen LogP contribution in [0.15, 0.2) is 6.07 Å². The lowest BCUT2D eigenvalue weighted by molar-refractivity contribution is 0.625. The van der Waals surface area contributed by atoms with E-state index >= 15 is 0 Å². The maximum Gasteiger partial charge on any atom is 0.0223 e. The lowest BCUT2D eigenvalue weighted by atomic mass is 10.2. The minimum absolute atomic E-state index is 0.797. The van der Waals surface area contributed by atoms with Gasteiger partial charge < -0.3 is 15.6 Å². The molecule has 86 valence electrons. The Bertz CT molecular complexity index is 302. The van der Waals surface area contributed by atoms with Gasteiger partial charge in [-0.2, -0.15) is 0 Å². The summed E-state index contributed by atoms with van der Waals surface area (Å²) in [6, 6.07) is 2.26. The molecule has 0 radical (unpaired) electrons. The fraction of sp³-hybridized carbons (Fsp3) is 0.667. The minimum Gasteiger partial charge on any atom is -0.352 e. The molecular weight excluding hydrogens is 186 g/mol. The molecule has 3 nitrogen and oxygen atoms in total. The van der Waals surface area contributed by atoms with Gasteiger partial charge in [-0.3, -0.25) is 0 Å². The van der Waals surface area contributed by atoms with E-state index in [1.807, 2.05) is 0 Å². The Morgan fingerprint density at radius 1 is 1.33 bits per heavy atom. The van der Waals surface area contributed by atoms with Crippen LogP contribution in [-0.2, 0) is 13.6 Å². The maximum absolute atomic E-state index is 5.44. The molecule has 15 heavy (non-hydrogen) atoms. The third-order valence-corrected chi connectivity index (χ3v) is 3.00. The number of hydrogen-bond donors (Lipinski definition) is 2. The quantitative estimate of drug-likeness (QED) is 0.697. The molecule has 0 bridgehead atoms. The molecule has 1 aromatic heterocycles. The fourth-order valence-electron chi connectivity index (χ4n) is 1.73. The maximum atomic E-state index is 5.44. The van der Waals surface area contributed by atoms with Crippen molar-refractivity contribution in [2.24, 2.45) is 12.8 Å². The van der Waals surface area contributed by atoms with Gasteiger partial charge in [-0.15, -0.1) is 0 Å². The van der Waals surface area contributed by atoms with Gasteiger partial charge in [0.2, 0.25) is 0 Å². The summed E-state index contributed by atoms with van der Waals surface area (Å²) in [5, 5.41) is 3.45. The van der Waals surface area contributed by atoms with E-state index in [1.165, 1.54) is 23.4 Å². The zero-order valence-electron chi connectivity index (χ0n) is 10.1. The molecule has 0 amide bonds. The number of aryl methyl sites for hydroxylation is 1. The topological polar surface area (TPSA) is 43.0 Å². The van der Waals surface area contributed by atoms with Crippen molar-refractivity contribution in [2.45, 2.75) is 33.2 Å². The van der Waals surface area contributed by atoms with Crippen molar-refractivity contribution >= 4 is 0 Å². The summed E-state index contributed by atoms with van der Waals surface area (Å²) in [5.41, 5.74) is 9.53. The first-order valence-electron chi connectivity index (χ1n) is 5.69. The second-order valence-corrected chi connectivity index (χ2v) is 4.13. The summed E-state index contributed by atoms with van der Waals surface area (Å²) >= 11 is 0. The highest BCUT2D eigenvalue weighted by molar-refractivity contribution is 5.26. The normalized spacial score (nSPS) is 10.9. The Kier molecular flexibility index (Phi) is 4.85. The van der Waals surface area contributed by atoms with E-state index in [9.17, 15) is 0 Å². The molecule has 0 aliphatic carbocycles. The highest BCUT2D eigenvalue weighted by Crippen LogP contribution is 2.12. The molecule has 1 rings (SSSR count). The predicted molar refractivity (Wildman–Crippen MR) is 64.9 cm³/mol. The summed E-state index contributed by atoms with van der Waals surface area (Å²) in [5.74, 6) is 0. The Morgan fingerprint density at radius 2 is 2.07 bits per heavy atom. The zero-order chi connectivity index (χ0) is 11.3. The van der Waals surface area contributed by atoms with Gasteiger partial charge in [0.25, 0.3) is 0 Å². The van der Waals surface area contributed by atoms with Crippen LogP contribution < -0.4 is 11.1 Å². The van der Waals surface area contributed by atoms with Crippen molar-refractivity contribution in [1.82, 2.24) is 9.88 Å². The van der Waals surface area contributed by atoms with E-state index in [0.717, 1.165) is 26.1 Å². The molecule has 1 aromatic rings. The van der Waals surface area contributed by atoms with E-state index < -0.39 is 0 Å². The number of unbranched alkanes of at least 4 members (excludes halogenated alkanes) is 1. The number of nitrogens with two attached hydrogens (primary N) is 1. The highest BCUT2D eigenvalue weighted by atomic mass is 15.0. The first-order chi connectivity index (χ1) is 7.16. The molecule has 0 aromatic carbocycles. The summed E-state index contributed by atoms with van der Waals surface area (Å²) in [6.45, 7) is 7.14. The van der Waals surface area contributed by atoms with Crippen molar-refractivity contribution in [2.75, 3.05) is 13.1 Å². The average molecular weight is 209 g/mol. The van der Waals surface area contributed by atoms with E-state index in [-0.39, 0.29) is 0 Å². The van der Waals surface area contributed by atoms with Crippen LogP contribution in [0.1, 0.15) is 29.8 Å². The monoisotopic (exact) mass is 209 g/mol. The Balaban J connectivity index is 2.34. The van der Waals surface area contributed by atoms with Gasteiger partial charge in [-0.25, -0.2) is 0 Å². The third kappa shape index (κ3) is 3.36. The number of nitrogens with one attached hydrogen (secondary N) is 1. The lowest BCUT2D eigenvalue weighted by Gasteiger charge is -2.04. The molecule has 0 unspecified atom stereocenters. The first kappa shape index (κ1) is 12.3. The van der Waals surface area contributed by atoms with Gasteiger partial charge in [0, 0.05) is 25.0 Å². The van der Waals surface area contributed by atoms with Crippen LogP contribution in [0.4, 0.5) is 0 Å². The predicted octanol–water partition coefficient (Wildman–Crippen LogP) is 1.47. The first-order valence-corrected chi connectivity index (χ1v) is 5.69. The van der Waals surface area contributed by atoms with E-state index in [4.69, 9.17) is 5.73 Å². The van der Waals surface area contributed by atoms with Gasteiger partial charge in [-0.1, -0.05) is 0 Å². The second-order valence-electron chi connectivity index (χ2n) is 4.13. The van der Waals surface area contributed by atoms with Gasteiger partial charge in [0.15, 0.2) is 0 Å². The fourth-order valence-corrected chi connectivity index (χ4v) is 1.73. The molecule has 0 saturated carbocycles. The third-order valence-electron chi connectivity index (χ3n) is 3.00. The molecule has 0 atom stereocenters. The Morgan fingerprint density at radius 3 is 2.60 bits per heavy atom. The van der Waals surface area contributed by atoms with Crippen molar-refractivity contribution in [3.05, 3.63) is 23.0 Å². The molecule has 1 heterocycles.